The van der Waals surface area contributed by atoms with E-state index < -0.39 is 23.7 Å². The fourth-order valence-corrected chi connectivity index (χ4v) is 1.91. The molecule has 132 valence electrons. The smallest absolute Gasteiger partial charge is 0.433 e. The predicted octanol–water partition coefficient (Wildman–Crippen LogP) is 2.04. The van der Waals surface area contributed by atoms with Crippen molar-refractivity contribution in [3.8, 4) is 0 Å². The van der Waals surface area contributed by atoms with Gasteiger partial charge in [0.15, 0.2) is 0 Å². The highest BCUT2D eigenvalue weighted by atomic mass is 19.4. The number of anilines is 1. The van der Waals surface area contributed by atoms with Gasteiger partial charge in [-0.1, -0.05) is 12.1 Å². The van der Waals surface area contributed by atoms with E-state index in [1.54, 1.807) is 0 Å². The molecule has 0 unspecified atom stereocenters. The molecule has 0 radical (unpaired) electrons. The summed E-state index contributed by atoms with van der Waals surface area (Å²) in [5.74, 6) is -2.07. The molecule has 2 rings (SSSR count). The van der Waals surface area contributed by atoms with Crippen molar-refractivity contribution < 1.29 is 27.9 Å². The first-order valence-corrected chi connectivity index (χ1v) is 7.03. The fourth-order valence-electron chi connectivity index (χ4n) is 1.91. The summed E-state index contributed by atoms with van der Waals surface area (Å²) in [4.78, 5) is 30.0. The maximum Gasteiger partial charge on any atom is 0.433 e. The minimum Gasteiger partial charge on any atom is -0.478 e. The second kappa shape index (κ2) is 7.60. The van der Waals surface area contributed by atoms with E-state index in [4.69, 9.17) is 5.11 Å². The number of benzene rings is 1. The standard InChI is InChI=1S/C15H13F3N4O3/c16-15(17,18)11-5-6-20-14(22-11)21-8-7-19-12(23)9-3-1-2-4-10(9)13(24)25/h1-6H,7-8H2,(H,19,23)(H,24,25)(H,20,21,22). The Hall–Kier alpha value is -3.17. The zero-order valence-electron chi connectivity index (χ0n) is 12.7. The van der Waals surface area contributed by atoms with E-state index >= 15 is 0 Å². The van der Waals surface area contributed by atoms with Crippen LogP contribution in [-0.2, 0) is 6.18 Å². The third-order valence-electron chi connectivity index (χ3n) is 3.04. The van der Waals surface area contributed by atoms with Crippen molar-refractivity contribution in [1.82, 2.24) is 15.3 Å². The van der Waals surface area contributed by atoms with Gasteiger partial charge < -0.3 is 15.7 Å². The molecule has 3 N–H and O–H groups in total. The van der Waals surface area contributed by atoms with Gasteiger partial charge in [-0.3, -0.25) is 4.79 Å². The summed E-state index contributed by atoms with van der Waals surface area (Å²) in [5, 5.41) is 14.0. The number of amides is 1. The van der Waals surface area contributed by atoms with Gasteiger partial charge in [0.1, 0.15) is 5.69 Å². The minimum absolute atomic E-state index is 0.00896. The van der Waals surface area contributed by atoms with Crippen LogP contribution in [0.3, 0.4) is 0 Å². The van der Waals surface area contributed by atoms with Gasteiger partial charge in [-0.25, -0.2) is 14.8 Å². The number of rotatable bonds is 6. The summed E-state index contributed by atoms with van der Waals surface area (Å²) in [6, 6.07) is 6.42. The number of halogens is 3. The topological polar surface area (TPSA) is 104 Å². The fraction of sp³-hybridized carbons (Fsp3) is 0.200. The molecule has 0 saturated heterocycles. The van der Waals surface area contributed by atoms with Crippen LogP contribution in [0.5, 0.6) is 0 Å². The molecule has 1 heterocycles. The van der Waals surface area contributed by atoms with Gasteiger partial charge >= 0.3 is 12.1 Å². The molecule has 2 aromatic rings. The van der Waals surface area contributed by atoms with Crippen molar-refractivity contribution in [1.29, 1.82) is 0 Å². The number of aromatic carboxylic acids is 1. The Balaban J connectivity index is 1.90. The van der Waals surface area contributed by atoms with Crippen LogP contribution in [0, 0.1) is 0 Å². The lowest BCUT2D eigenvalue weighted by molar-refractivity contribution is -0.141. The SMILES string of the molecule is O=C(O)c1ccccc1C(=O)NCCNc1nccc(C(F)(F)F)n1. The number of hydrogen-bond donors (Lipinski definition) is 3. The second-order valence-corrected chi connectivity index (χ2v) is 4.80. The molecule has 0 aliphatic heterocycles. The molecule has 0 atom stereocenters. The molecular formula is C15H13F3N4O3. The first-order chi connectivity index (χ1) is 11.8. The first kappa shape index (κ1) is 18.2. The Labute approximate surface area is 139 Å². The van der Waals surface area contributed by atoms with E-state index in [0.29, 0.717) is 0 Å². The molecule has 1 amide bonds. The molecule has 0 fully saturated rings. The second-order valence-electron chi connectivity index (χ2n) is 4.80. The number of carbonyl (C=O) groups excluding carboxylic acids is 1. The van der Waals surface area contributed by atoms with E-state index in [1.807, 2.05) is 0 Å². The largest absolute Gasteiger partial charge is 0.478 e. The number of nitrogens with one attached hydrogen (secondary N) is 2. The molecule has 7 nitrogen and oxygen atoms in total. The Morgan fingerprint density at radius 2 is 1.76 bits per heavy atom. The molecule has 0 bridgehead atoms. The number of carboxylic acid groups (broad SMARTS) is 1. The van der Waals surface area contributed by atoms with E-state index in [1.165, 1.54) is 24.3 Å². The number of aromatic nitrogens is 2. The molecular weight excluding hydrogens is 341 g/mol. The average Bonchev–Trinajstić information content (AvgIpc) is 2.58. The lowest BCUT2D eigenvalue weighted by Crippen LogP contribution is -2.30. The normalized spacial score (nSPS) is 11.0. The van der Waals surface area contributed by atoms with Crippen LogP contribution >= 0.6 is 0 Å². The quantitative estimate of drug-likeness (QED) is 0.686. The predicted molar refractivity (Wildman–Crippen MR) is 81.3 cm³/mol. The number of nitrogens with zero attached hydrogens (tertiary/aromatic N) is 2. The van der Waals surface area contributed by atoms with Crippen LogP contribution in [0.4, 0.5) is 19.1 Å². The molecule has 10 heteroatoms. The van der Waals surface area contributed by atoms with Gasteiger partial charge in [0.05, 0.1) is 11.1 Å². The van der Waals surface area contributed by atoms with E-state index in [2.05, 4.69) is 20.6 Å². The lowest BCUT2D eigenvalue weighted by atomic mass is 10.1. The van der Waals surface area contributed by atoms with Gasteiger partial charge in [-0.15, -0.1) is 0 Å². The van der Waals surface area contributed by atoms with Crippen molar-refractivity contribution in [2.75, 3.05) is 18.4 Å². The van der Waals surface area contributed by atoms with Gasteiger partial charge in [0.25, 0.3) is 5.91 Å². The Morgan fingerprint density at radius 1 is 1.08 bits per heavy atom. The maximum absolute atomic E-state index is 12.5. The number of carbonyl (C=O) groups is 2. The number of carboxylic acids is 1. The molecule has 0 spiro atoms. The average molecular weight is 354 g/mol. The van der Waals surface area contributed by atoms with E-state index in [9.17, 15) is 22.8 Å². The van der Waals surface area contributed by atoms with Gasteiger partial charge in [0.2, 0.25) is 5.95 Å². The molecule has 1 aromatic heterocycles. The molecule has 0 aliphatic carbocycles. The van der Waals surface area contributed by atoms with Gasteiger partial charge in [-0.2, -0.15) is 13.2 Å². The minimum atomic E-state index is -4.58. The molecule has 25 heavy (non-hydrogen) atoms. The zero-order valence-corrected chi connectivity index (χ0v) is 12.7. The summed E-state index contributed by atoms with van der Waals surface area (Å²) < 4.78 is 37.6. The highest BCUT2D eigenvalue weighted by molar-refractivity contribution is 6.04. The zero-order chi connectivity index (χ0) is 18.4. The summed E-state index contributed by atoms with van der Waals surface area (Å²) in [6.45, 7) is 0.0919. The van der Waals surface area contributed by atoms with Crippen LogP contribution in [0.25, 0.3) is 0 Å². The van der Waals surface area contributed by atoms with Crippen LogP contribution in [-0.4, -0.2) is 40.0 Å². The van der Waals surface area contributed by atoms with Gasteiger partial charge in [0, 0.05) is 19.3 Å². The maximum atomic E-state index is 12.5. The summed E-state index contributed by atoms with van der Waals surface area (Å²) in [7, 11) is 0. The van der Waals surface area contributed by atoms with Crippen LogP contribution in [0.2, 0.25) is 0 Å². The van der Waals surface area contributed by atoms with Crippen molar-refractivity contribution in [3.63, 3.8) is 0 Å². The summed E-state index contributed by atoms with van der Waals surface area (Å²) in [5.41, 5.74) is -1.23. The highest BCUT2D eigenvalue weighted by Gasteiger charge is 2.32. The van der Waals surface area contributed by atoms with E-state index in [0.717, 1.165) is 12.3 Å². The lowest BCUT2D eigenvalue weighted by Gasteiger charge is -2.10. The van der Waals surface area contributed by atoms with E-state index in [-0.39, 0.29) is 30.2 Å². The van der Waals surface area contributed by atoms with Crippen molar-refractivity contribution in [2.24, 2.45) is 0 Å². The molecule has 1 aromatic carbocycles. The monoisotopic (exact) mass is 354 g/mol. The Morgan fingerprint density at radius 3 is 2.40 bits per heavy atom. The van der Waals surface area contributed by atoms with Crippen LogP contribution < -0.4 is 10.6 Å². The molecule has 0 aliphatic rings. The van der Waals surface area contributed by atoms with Gasteiger partial charge in [-0.05, 0) is 18.2 Å². The van der Waals surface area contributed by atoms with Crippen molar-refractivity contribution >= 4 is 17.8 Å². The first-order valence-electron chi connectivity index (χ1n) is 7.03. The van der Waals surface area contributed by atoms with Crippen LogP contribution in [0.15, 0.2) is 36.5 Å². The van der Waals surface area contributed by atoms with Crippen molar-refractivity contribution in [3.05, 3.63) is 53.3 Å². The third-order valence-corrected chi connectivity index (χ3v) is 3.04. The Kier molecular flexibility index (Phi) is 5.52. The highest BCUT2D eigenvalue weighted by Crippen LogP contribution is 2.27. The van der Waals surface area contributed by atoms with Crippen LogP contribution in [0.1, 0.15) is 26.4 Å². The third kappa shape index (κ3) is 4.90. The number of hydrogen-bond acceptors (Lipinski definition) is 5. The number of alkyl halides is 3. The molecule has 0 saturated carbocycles. The summed E-state index contributed by atoms with van der Waals surface area (Å²) in [6.07, 6.45) is -3.60. The summed E-state index contributed by atoms with van der Waals surface area (Å²) >= 11 is 0. The van der Waals surface area contributed by atoms with Crippen molar-refractivity contribution in [2.45, 2.75) is 6.18 Å². The Bertz CT molecular complexity index is 781.